The van der Waals surface area contributed by atoms with Gasteiger partial charge in [0.1, 0.15) is 0 Å². The molecule has 9 heavy (non-hydrogen) atoms. The minimum Gasteiger partial charge on any atom is -0.0882 e. The van der Waals surface area contributed by atoms with Gasteiger partial charge in [0, 0.05) is 0 Å². The second kappa shape index (κ2) is 3.05. The molecule has 1 aliphatic carbocycles. The molecule has 0 nitrogen and oxygen atoms in total. The molecule has 0 heterocycles. The van der Waals surface area contributed by atoms with Crippen molar-refractivity contribution in [3.8, 4) is 0 Å². The molecule has 0 fully saturated rings. The van der Waals surface area contributed by atoms with E-state index in [4.69, 9.17) is 0 Å². The van der Waals surface area contributed by atoms with Gasteiger partial charge >= 0.3 is 0 Å². The Labute approximate surface area is 58.0 Å². The summed E-state index contributed by atoms with van der Waals surface area (Å²) < 4.78 is 0. The molecule has 0 aromatic rings. The summed E-state index contributed by atoms with van der Waals surface area (Å²) in [5, 5.41) is 0. The molecule has 0 aliphatic heterocycles. The molecule has 0 amide bonds. The van der Waals surface area contributed by atoms with Crippen LogP contribution in [0.5, 0.6) is 0 Å². The van der Waals surface area contributed by atoms with E-state index in [1.54, 1.807) is 0 Å². The maximum atomic E-state index is 2.36. The third-order valence-corrected chi connectivity index (χ3v) is 2.41. The maximum absolute atomic E-state index is 2.36. The Morgan fingerprint density at radius 3 is 2.78 bits per heavy atom. The van der Waals surface area contributed by atoms with Crippen LogP contribution in [0.2, 0.25) is 0 Å². The van der Waals surface area contributed by atoms with E-state index in [0.29, 0.717) is 0 Å². The highest BCUT2D eigenvalue weighted by Gasteiger charge is 2.14. The summed E-state index contributed by atoms with van der Waals surface area (Å²) in [5.41, 5.74) is 0. The summed E-state index contributed by atoms with van der Waals surface area (Å²) in [6, 6.07) is 0. The molecule has 52 valence electrons. The molecule has 0 saturated heterocycles. The number of rotatable bonds is 1. The van der Waals surface area contributed by atoms with Crippen molar-refractivity contribution >= 4 is 0 Å². The highest BCUT2D eigenvalue weighted by Crippen LogP contribution is 2.26. The fraction of sp³-hybridized carbons (Fsp3) is 0.778. The quantitative estimate of drug-likeness (QED) is 0.471. The van der Waals surface area contributed by atoms with E-state index in [2.05, 4.69) is 26.0 Å². The van der Waals surface area contributed by atoms with Gasteiger partial charge in [-0.15, -0.1) is 0 Å². The molecule has 1 rings (SSSR count). The Morgan fingerprint density at radius 2 is 2.33 bits per heavy atom. The molecular formula is C9H16. The molecule has 0 spiro atoms. The van der Waals surface area contributed by atoms with Gasteiger partial charge < -0.3 is 0 Å². The standard InChI is InChI=1S/C9H16/c1-3-9-7-5-4-6-8(9)2/h4,6,8-9H,3,5,7H2,1-2H3. The van der Waals surface area contributed by atoms with Gasteiger partial charge in [-0.2, -0.15) is 0 Å². The second-order valence-corrected chi connectivity index (χ2v) is 3.03. The van der Waals surface area contributed by atoms with Gasteiger partial charge in [0.2, 0.25) is 0 Å². The van der Waals surface area contributed by atoms with Crippen molar-refractivity contribution in [3.63, 3.8) is 0 Å². The summed E-state index contributed by atoms with van der Waals surface area (Å²) in [5.74, 6) is 1.80. The summed E-state index contributed by atoms with van der Waals surface area (Å²) in [4.78, 5) is 0. The first-order chi connectivity index (χ1) is 4.34. The van der Waals surface area contributed by atoms with Crippen LogP contribution in [0.15, 0.2) is 12.2 Å². The average molecular weight is 124 g/mol. The molecule has 2 atom stereocenters. The predicted octanol–water partition coefficient (Wildman–Crippen LogP) is 3.00. The van der Waals surface area contributed by atoms with Crippen molar-refractivity contribution < 1.29 is 0 Å². The SMILES string of the molecule is CCC1CCC=CC1C. The highest BCUT2D eigenvalue weighted by atomic mass is 14.2. The smallest absolute Gasteiger partial charge is 0.0234 e. The molecule has 0 N–H and O–H groups in total. The lowest BCUT2D eigenvalue weighted by atomic mass is 9.84. The van der Waals surface area contributed by atoms with E-state index in [0.717, 1.165) is 11.8 Å². The van der Waals surface area contributed by atoms with Crippen molar-refractivity contribution in [2.45, 2.75) is 33.1 Å². The molecule has 0 bridgehead atoms. The number of allylic oxidation sites excluding steroid dienone is 2. The Kier molecular flexibility index (Phi) is 2.32. The molecule has 2 unspecified atom stereocenters. The predicted molar refractivity (Wildman–Crippen MR) is 41.3 cm³/mol. The van der Waals surface area contributed by atoms with Crippen LogP contribution < -0.4 is 0 Å². The van der Waals surface area contributed by atoms with Gasteiger partial charge in [-0.1, -0.05) is 32.4 Å². The first-order valence-corrected chi connectivity index (χ1v) is 4.01. The molecule has 0 saturated carbocycles. The Hall–Kier alpha value is -0.260. The van der Waals surface area contributed by atoms with Crippen LogP contribution in [0.25, 0.3) is 0 Å². The van der Waals surface area contributed by atoms with Gasteiger partial charge in [-0.3, -0.25) is 0 Å². The molecule has 1 aliphatic rings. The second-order valence-electron chi connectivity index (χ2n) is 3.03. The Bertz CT molecular complexity index is 103. The highest BCUT2D eigenvalue weighted by molar-refractivity contribution is 4.94. The topological polar surface area (TPSA) is 0 Å². The molecule has 0 aromatic heterocycles. The van der Waals surface area contributed by atoms with Crippen molar-refractivity contribution in [2.75, 3.05) is 0 Å². The van der Waals surface area contributed by atoms with Crippen LogP contribution in [0.4, 0.5) is 0 Å². The van der Waals surface area contributed by atoms with Gasteiger partial charge in [-0.25, -0.2) is 0 Å². The monoisotopic (exact) mass is 124 g/mol. The van der Waals surface area contributed by atoms with Gasteiger partial charge in [0.05, 0.1) is 0 Å². The first kappa shape index (κ1) is 6.85. The number of hydrogen-bond acceptors (Lipinski definition) is 0. The fourth-order valence-electron chi connectivity index (χ4n) is 1.62. The van der Waals surface area contributed by atoms with Gasteiger partial charge in [0.15, 0.2) is 0 Å². The average Bonchev–Trinajstić information content (AvgIpc) is 1.89. The van der Waals surface area contributed by atoms with Gasteiger partial charge in [-0.05, 0) is 24.7 Å². The van der Waals surface area contributed by atoms with Crippen molar-refractivity contribution in [1.82, 2.24) is 0 Å². The van der Waals surface area contributed by atoms with Crippen LogP contribution in [-0.4, -0.2) is 0 Å². The molecule has 0 radical (unpaired) electrons. The normalized spacial score (nSPS) is 34.9. The fourth-order valence-corrected chi connectivity index (χ4v) is 1.62. The van der Waals surface area contributed by atoms with E-state index in [9.17, 15) is 0 Å². The van der Waals surface area contributed by atoms with Crippen LogP contribution >= 0.6 is 0 Å². The van der Waals surface area contributed by atoms with Crippen LogP contribution in [0, 0.1) is 11.8 Å². The van der Waals surface area contributed by atoms with E-state index in [-0.39, 0.29) is 0 Å². The molecular weight excluding hydrogens is 108 g/mol. The summed E-state index contributed by atoms with van der Waals surface area (Å²) >= 11 is 0. The Balaban J connectivity index is 2.44. The minimum absolute atomic E-state index is 0.837. The van der Waals surface area contributed by atoms with E-state index < -0.39 is 0 Å². The van der Waals surface area contributed by atoms with E-state index in [1.165, 1.54) is 19.3 Å². The molecule has 0 aromatic carbocycles. The summed E-state index contributed by atoms with van der Waals surface area (Å²) in [7, 11) is 0. The van der Waals surface area contributed by atoms with Crippen LogP contribution in [-0.2, 0) is 0 Å². The zero-order valence-corrected chi connectivity index (χ0v) is 6.43. The summed E-state index contributed by atoms with van der Waals surface area (Å²) in [6.45, 7) is 4.62. The molecule has 0 heteroatoms. The third-order valence-electron chi connectivity index (χ3n) is 2.41. The van der Waals surface area contributed by atoms with Gasteiger partial charge in [0.25, 0.3) is 0 Å². The largest absolute Gasteiger partial charge is 0.0882 e. The van der Waals surface area contributed by atoms with E-state index >= 15 is 0 Å². The zero-order chi connectivity index (χ0) is 6.69. The lowest BCUT2D eigenvalue weighted by molar-refractivity contribution is 0.367. The van der Waals surface area contributed by atoms with E-state index in [1.807, 2.05) is 0 Å². The number of hydrogen-bond donors (Lipinski definition) is 0. The van der Waals surface area contributed by atoms with Crippen molar-refractivity contribution in [2.24, 2.45) is 11.8 Å². The van der Waals surface area contributed by atoms with Crippen LogP contribution in [0.3, 0.4) is 0 Å². The third kappa shape index (κ3) is 1.57. The lowest BCUT2D eigenvalue weighted by Crippen LogP contribution is -2.11. The Morgan fingerprint density at radius 1 is 1.56 bits per heavy atom. The summed E-state index contributed by atoms with van der Waals surface area (Å²) in [6.07, 6.45) is 8.75. The van der Waals surface area contributed by atoms with Crippen molar-refractivity contribution in [3.05, 3.63) is 12.2 Å². The zero-order valence-electron chi connectivity index (χ0n) is 6.43. The minimum atomic E-state index is 0.837. The van der Waals surface area contributed by atoms with Crippen molar-refractivity contribution in [1.29, 1.82) is 0 Å². The lowest BCUT2D eigenvalue weighted by Gasteiger charge is -2.22. The first-order valence-electron chi connectivity index (χ1n) is 4.01. The maximum Gasteiger partial charge on any atom is -0.0234 e. The van der Waals surface area contributed by atoms with Crippen LogP contribution in [0.1, 0.15) is 33.1 Å².